The Hall–Kier alpha value is -1.84. The fourth-order valence-corrected chi connectivity index (χ4v) is 3.96. The summed E-state index contributed by atoms with van der Waals surface area (Å²) in [6.45, 7) is 3.71. The molecule has 1 atom stereocenters. The standard InChI is InChI=1S/C14H18N4O3S2/c1-14(2)11(18(21)12(20)15-3)17(13(22)23-14)16-8-9-6-4-5-7-10(9)19/h4-8,11,19,21H,1-3H3,(H,15,20)/b16-8-/t11-/m0/s1. The molecular weight excluding hydrogens is 336 g/mol. The largest absolute Gasteiger partial charge is 0.507 e. The molecule has 124 valence electrons. The quantitative estimate of drug-likeness (QED) is 0.334. The fraction of sp³-hybridized carbons (Fsp3) is 0.357. The van der Waals surface area contributed by atoms with Crippen LogP contribution in [0.1, 0.15) is 19.4 Å². The highest BCUT2D eigenvalue weighted by atomic mass is 32.2. The predicted molar refractivity (Wildman–Crippen MR) is 93.7 cm³/mol. The Morgan fingerprint density at radius 1 is 1.52 bits per heavy atom. The van der Waals surface area contributed by atoms with Crippen LogP contribution >= 0.6 is 24.0 Å². The molecule has 1 heterocycles. The van der Waals surface area contributed by atoms with Crippen molar-refractivity contribution in [2.75, 3.05) is 7.05 Å². The van der Waals surface area contributed by atoms with E-state index in [4.69, 9.17) is 12.2 Å². The number of thiocarbonyl (C=S) groups is 1. The number of hydroxylamine groups is 2. The molecule has 2 amide bonds. The first-order valence-electron chi connectivity index (χ1n) is 6.82. The number of thioether (sulfide) groups is 1. The highest BCUT2D eigenvalue weighted by molar-refractivity contribution is 8.24. The lowest BCUT2D eigenvalue weighted by Crippen LogP contribution is -2.55. The Balaban J connectivity index is 2.32. The van der Waals surface area contributed by atoms with E-state index in [2.05, 4.69) is 10.4 Å². The van der Waals surface area contributed by atoms with Crippen molar-refractivity contribution in [3.63, 3.8) is 0 Å². The van der Waals surface area contributed by atoms with Gasteiger partial charge in [0.05, 0.1) is 11.0 Å². The molecule has 0 bridgehead atoms. The first-order valence-corrected chi connectivity index (χ1v) is 8.04. The second kappa shape index (κ2) is 6.73. The number of amides is 2. The zero-order valence-electron chi connectivity index (χ0n) is 12.9. The smallest absolute Gasteiger partial charge is 0.343 e. The van der Waals surface area contributed by atoms with E-state index in [-0.39, 0.29) is 5.75 Å². The SMILES string of the molecule is CNC(=O)N(O)[C@@H]1N(/N=C\c2ccccc2O)C(=S)SC1(C)C. The Labute approximate surface area is 143 Å². The van der Waals surface area contributed by atoms with Crippen LogP contribution in [-0.2, 0) is 0 Å². The Kier molecular flexibility index (Phi) is 5.12. The average Bonchev–Trinajstić information content (AvgIpc) is 2.73. The van der Waals surface area contributed by atoms with E-state index in [0.29, 0.717) is 14.9 Å². The number of carbonyl (C=O) groups is 1. The third-order valence-corrected chi connectivity index (χ3v) is 4.84. The van der Waals surface area contributed by atoms with Crippen LogP contribution in [0, 0.1) is 0 Å². The molecule has 7 nitrogen and oxygen atoms in total. The molecule has 3 N–H and O–H groups in total. The average molecular weight is 354 g/mol. The molecule has 1 fully saturated rings. The summed E-state index contributed by atoms with van der Waals surface area (Å²) in [7, 11) is 1.43. The number of aromatic hydroxyl groups is 1. The second-order valence-electron chi connectivity index (χ2n) is 5.39. The summed E-state index contributed by atoms with van der Waals surface area (Å²) in [6.07, 6.45) is 0.663. The van der Waals surface area contributed by atoms with E-state index in [0.717, 1.165) is 0 Å². The molecule has 1 aliphatic heterocycles. The van der Waals surface area contributed by atoms with Crippen LogP contribution in [0.3, 0.4) is 0 Å². The summed E-state index contributed by atoms with van der Waals surface area (Å²) in [5.74, 6) is 0.0805. The van der Waals surface area contributed by atoms with E-state index in [1.807, 2.05) is 13.8 Å². The van der Waals surface area contributed by atoms with Gasteiger partial charge in [0, 0.05) is 12.6 Å². The number of hydrogen-bond donors (Lipinski definition) is 3. The lowest BCUT2D eigenvalue weighted by Gasteiger charge is -2.33. The number of rotatable bonds is 3. The molecule has 0 unspecified atom stereocenters. The molecular formula is C14H18N4O3S2. The molecule has 2 rings (SSSR count). The van der Waals surface area contributed by atoms with Gasteiger partial charge in [-0.3, -0.25) is 5.21 Å². The van der Waals surface area contributed by atoms with Crippen LogP contribution in [0.5, 0.6) is 5.75 Å². The summed E-state index contributed by atoms with van der Waals surface area (Å²) in [5, 5.41) is 28.5. The van der Waals surface area contributed by atoms with Crippen molar-refractivity contribution in [1.82, 2.24) is 15.4 Å². The van der Waals surface area contributed by atoms with Gasteiger partial charge in [-0.05, 0) is 26.0 Å². The van der Waals surface area contributed by atoms with E-state index in [9.17, 15) is 15.1 Å². The fourth-order valence-electron chi connectivity index (χ4n) is 2.17. The number of phenolic OH excluding ortho intramolecular Hbond substituents is 1. The maximum Gasteiger partial charge on any atom is 0.343 e. The van der Waals surface area contributed by atoms with Crippen LogP contribution in [0.4, 0.5) is 4.79 Å². The third kappa shape index (κ3) is 3.57. The predicted octanol–water partition coefficient (Wildman–Crippen LogP) is 2.20. The van der Waals surface area contributed by atoms with Crippen molar-refractivity contribution in [2.45, 2.75) is 24.8 Å². The van der Waals surface area contributed by atoms with Gasteiger partial charge in [0.2, 0.25) is 0 Å². The van der Waals surface area contributed by atoms with Crippen molar-refractivity contribution in [3.05, 3.63) is 29.8 Å². The zero-order chi connectivity index (χ0) is 17.2. The number of urea groups is 1. The molecule has 0 aliphatic carbocycles. The summed E-state index contributed by atoms with van der Waals surface area (Å²) in [4.78, 5) is 11.8. The van der Waals surface area contributed by atoms with E-state index < -0.39 is 16.9 Å². The highest BCUT2D eigenvalue weighted by Crippen LogP contribution is 2.42. The maximum atomic E-state index is 11.8. The van der Waals surface area contributed by atoms with E-state index in [1.54, 1.807) is 24.3 Å². The molecule has 0 radical (unpaired) electrons. The van der Waals surface area contributed by atoms with Crippen molar-refractivity contribution >= 4 is 40.5 Å². The minimum absolute atomic E-state index is 0.0805. The summed E-state index contributed by atoms with van der Waals surface area (Å²) >= 11 is 6.63. The van der Waals surface area contributed by atoms with Gasteiger partial charge in [0.25, 0.3) is 0 Å². The van der Waals surface area contributed by atoms with Gasteiger partial charge in [-0.2, -0.15) is 10.2 Å². The normalized spacial score (nSPS) is 20.1. The number of hydrogen-bond acceptors (Lipinski definition) is 6. The Bertz CT molecular complexity index is 651. The van der Waals surface area contributed by atoms with Gasteiger partial charge in [-0.1, -0.05) is 36.1 Å². The minimum atomic E-state index is -0.776. The third-order valence-electron chi connectivity index (χ3n) is 3.30. The molecule has 0 aromatic heterocycles. The Morgan fingerprint density at radius 2 is 2.17 bits per heavy atom. The van der Waals surface area contributed by atoms with Crippen LogP contribution in [0.2, 0.25) is 0 Å². The highest BCUT2D eigenvalue weighted by Gasteiger charge is 2.49. The molecule has 1 aromatic carbocycles. The summed E-state index contributed by atoms with van der Waals surface area (Å²) < 4.78 is -0.136. The number of nitrogens with zero attached hydrogens (tertiary/aromatic N) is 3. The molecule has 1 saturated heterocycles. The number of para-hydroxylation sites is 1. The number of nitrogens with one attached hydrogen (secondary N) is 1. The second-order valence-corrected chi connectivity index (χ2v) is 7.68. The van der Waals surface area contributed by atoms with E-state index in [1.165, 1.54) is 30.0 Å². The van der Waals surface area contributed by atoms with Crippen LogP contribution in [0.15, 0.2) is 29.4 Å². The van der Waals surface area contributed by atoms with Crippen molar-refractivity contribution in [2.24, 2.45) is 5.10 Å². The van der Waals surface area contributed by atoms with Crippen molar-refractivity contribution in [1.29, 1.82) is 0 Å². The first-order chi connectivity index (χ1) is 10.8. The van der Waals surface area contributed by atoms with Crippen LogP contribution < -0.4 is 5.32 Å². The molecule has 1 aromatic rings. The molecule has 9 heteroatoms. The monoisotopic (exact) mass is 354 g/mol. The number of hydrazone groups is 1. The summed E-state index contributed by atoms with van der Waals surface area (Å²) in [5.41, 5.74) is 0.508. The molecule has 0 spiro atoms. The molecule has 1 aliphatic rings. The van der Waals surface area contributed by atoms with Gasteiger partial charge in [-0.15, -0.1) is 0 Å². The van der Waals surface area contributed by atoms with Gasteiger partial charge >= 0.3 is 6.03 Å². The van der Waals surface area contributed by atoms with Gasteiger partial charge in [0.1, 0.15) is 5.75 Å². The molecule has 0 saturated carbocycles. The lowest BCUT2D eigenvalue weighted by molar-refractivity contribution is -0.117. The number of phenols is 1. The summed E-state index contributed by atoms with van der Waals surface area (Å²) in [6, 6.07) is 6.05. The van der Waals surface area contributed by atoms with Crippen molar-refractivity contribution in [3.8, 4) is 5.75 Å². The number of benzene rings is 1. The lowest BCUT2D eigenvalue weighted by atomic mass is 10.1. The van der Waals surface area contributed by atoms with Crippen molar-refractivity contribution < 1.29 is 15.1 Å². The van der Waals surface area contributed by atoms with Gasteiger partial charge < -0.3 is 10.4 Å². The topological polar surface area (TPSA) is 88.4 Å². The minimum Gasteiger partial charge on any atom is -0.507 e. The molecule has 23 heavy (non-hydrogen) atoms. The maximum absolute atomic E-state index is 11.8. The van der Waals surface area contributed by atoms with Gasteiger partial charge in [-0.25, -0.2) is 9.80 Å². The van der Waals surface area contributed by atoms with Gasteiger partial charge in [0.15, 0.2) is 10.5 Å². The van der Waals surface area contributed by atoms with Crippen LogP contribution in [-0.4, -0.2) is 54.9 Å². The number of carbonyl (C=O) groups excluding carboxylic acids is 1. The zero-order valence-corrected chi connectivity index (χ0v) is 14.6. The Morgan fingerprint density at radius 3 is 2.78 bits per heavy atom. The van der Waals surface area contributed by atoms with E-state index >= 15 is 0 Å². The van der Waals surface area contributed by atoms with Crippen LogP contribution in [0.25, 0.3) is 0 Å². The first kappa shape index (κ1) is 17.5.